The van der Waals surface area contributed by atoms with Crippen molar-refractivity contribution in [3.63, 3.8) is 0 Å². The lowest BCUT2D eigenvalue weighted by Gasteiger charge is -2.29. The molecule has 0 aliphatic carbocycles. The van der Waals surface area contributed by atoms with Crippen LogP contribution in [0.5, 0.6) is 5.75 Å². The molecule has 0 aromatic heterocycles. The van der Waals surface area contributed by atoms with Gasteiger partial charge in [-0.2, -0.15) is 8.78 Å². The van der Waals surface area contributed by atoms with Crippen molar-refractivity contribution in [2.24, 2.45) is 0 Å². The third-order valence-corrected chi connectivity index (χ3v) is 7.13. The Morgan fingerprint density at radius 1 is 0.875 bits per heavy atom. The summed E-state index contributed by atoms with van der Waals surface area (Å²) in [6.07, 6.45) is 1.65. The summed E-state index contributed by atoms with van der Waals surface area (Å²) in [5.41, 5.74) is 3.66. The van der Waals surface area contributed by atoms with E-state index in [4.69, 9.17) is 16.7 Å². The molecule has 0 saturated heterocycles. The van der Waals surface area contributed by atoms with E-state index < -0.39 is 12.6 Å². The van der Waals surface area contributed by atoms with Crippen LogP contribution in [-0.2, 0) is 4.79 Å². The average Bonchev–Trinajstić information content (AvgIpc) is 2.93. The largest absolute Gasteiger partial charge is 0.481 e. The number of rotatable bonds is 12. The first-order valence-electron chi connectivity index (χ1n) is 13.1. The van der Waals surface area contributed by atoms with Crippen LogP contribution in [0.3, 0.4) is 0 Å². The highest BCUT2D eigenvalue weighted by Gasteiger charge is 2.27. The van der Waals surface area contributed by atoms with Gasteiger partial charge in [0.2, 0.25) is 0 Å². The fourth-order valence-corrected chi connectivity index (χ4v) is 5.17. The summed E-state index contributed by atoms with van der Waals surface area (Å²) in [5.74, 6) is -1.16. The highest BCUT2D eigenvalue weighted by molar-refractivity contribution is 6.30. The van der Waals surface area contributed by atoms with Gasteiger partial charge in [0.15, 0.2) is 0 Å². The van der Waals surface area contributed by atoms with Crippen LogP contribution >= 0.6 is 11.6 Å². The predicted molar refractivity (Wildman–Crippen MR) is 153 cm³/mol. The van der Waals surface area contributed by atoms with Crippen molar-refractivity contribution in [2.75, 3.05) is 6.54 Å². The van der Waals surface area contributed by atoms with E-state index in [1.54, 1.807) is 30.3 Å². The number of benzene rings is 4. The SMILES string of the molecule is CCC[C@H](c1ccc(C(=O)NCCC(=O)O)cc1)C(c1ccc(Cl)cc1)c1ccc2cc(OC(F)F)ccc2c1. The van der Waals surface area contributed by atoms with Gasteiger partial charge in [-0.05, 0) is 76.2 Å². The van der Waals surface area contributed by atoms with Crippen LogP contribution in [-0.4, -0.2) is 30.1 Å². The highest BCUT2D eigenvalue weighted by Crippen LogP contribution is 2.42. The average molecular weight is 566 g/mol. The molecule has 0 spiro atoms. The zero-order valence-electron chi connectivity index (χ0n) is 21.9. The number of ether oxygens (including phenoxy) is 1. The maximum absolute atomic E-state index is 12.7. The monoisotopic (exact) mass is 565 g/mol. The zero-order chi connectivity index (χ0) is 28.6. The molecular weight excluding hydrogens is 536 g/mol. The summed E-state index contributed by atoms with van der Waals surface area (Å²) in [6, 6.07) is 26.1. The maximum Gasteiger partial charge on any atom is 0.387 e. The number of carboxylic acid groups (broad SMARTS) is 1. The molecular formula is C32H30ClF2NO4. The van der Waals surface area contributed by atoms with E-state index in [0.717, 1.165) is 40.3 Å². The summed E-state index contributed by atoms with van der Waals surface area (Å²) in [7, 11) is 0. The lowest BCUT2D eigenvalue weighted by atomic mass is 9.74. The molecule has 2 N–H and O–H groups in total. The molecule has 0 radical (unpaired) electrons. The lowest BCUT2D eigenvalue weighted by molar-refractivity contribution is -0.136. The van der Waals surface area contributed by atoms with Crippen LogP contribution in [0.4, 0.5) is 8.78 Å². The second-order valence-electron chi connectivity index (χ2n) is 9.59. The number of halogens is 3. The Morgan fingerprint density at radius 3 is 2.15 bits per heavy atom. The standard InChI is InChI=1S/C32H30ClF2NO4/c1-2-3-28(20-4-6-22(7-5-20)31(39)36-17-16-29(37)38)30(21-10-13-26(33)14-11-21)25-9-8-24-19-27(40-32(34)35)15-12-23(24)18-25/h4-15,18-19,28,30,32H,2-3,16-17H2,1H3,(H,36,39)(H,37,38)/t28-,30?/m1/s1. The van der Waals surface area contributed by atoms with Crippen molar-refractivity contribution in [2.45, 2.75) is 44.6 Å². The molecule has 0 saturated carbocycles. The zero-order valence-corrected chi connectivity index (χ0v) is 22.7. The number of alkyl halides is 2. The van der Waals surface area contributed by atoms with Gasteiger partial charge >= 0.3 is 12.6 Å². The first-order chi connectivity index (χ1) is 19.2. The van der Waals surface area contributed by atoms with Gasteiger partial charge in [-0.15, -0.1) is 0 Å². The molecule has 0 aliphatic rings. The molecule has 0 bridgehead atoms. The van der Waals surface area contributed by atoms with E-state index in [1.807, 2.05) is 48.5 Å². The van der Waals surface area contributed by atoms with Gasteiger partial charge in [0.25, 0.3) is 5.91 Å². The summed E-state index contributed by atoms with van der Waals surface area (Å²) >= 11 is 6.21. The fraction of sp³-hybridized carbons (Fsp3) is 0.250. The van der Waals surface area contributed by atoms with Gasteiger partial charge in [-0.1, -0.05) is 73.5 Å². The van der Waals surface area contributed by atoms with E-state index in [0.29, 0.717) is 10.6 Å². The molecule has 1 amide bonds. The quantitative estimate of drug-likeness (QED) is 0.182. The summed E-state index contributed by atoms with van der Waals surface area (Å²) < 4.78 is 30.0. The maximum atomic E-state index is 12.7. The first-order valence-corrected chi connectivity index (χ1v) is 13.5. The van der Waals surface area contributed by atoms with Gasteiger partial charge in [0, 0.05) is 23.0 Å². The Hall–Kier alpha value is -3.97. The Kier molecular flexibility index (Phi) is 9.72. The van der Waals surface area contributed by atoms with Crippen LogP contribution in [0.2, 0.25) is 5.02 Å². The van der Waals surface area contributed by atoms with Crippen molar-refractivity contribution in [3.8, 4) is 5.75 Å². The molecule has 4 aromatic rings. The molecule has 4 aromatic carbocycles. The van der Waals surface area contributed by atoms with Crippen molar-refractivity contribution in [1.82, 2.24) is 5.32 Å². The van der Waals surface area contributed by atoms with E-state index in [1.165, 1.54) is 0 Å². The number of nitrogens with one attached hydrogen (secondary N) is 1. The second-order valence-corrected chi connectivity index (χ2v) is 10.0. The fourth-order valence-electron chi connectivity index (χ4n) is 5.04. The summed E-state index contributed by atoms with van der Waals surface area (Å²) in [6.45, 7) is -0.700. The number of carbonyl (C=O) groups excluding carboxylic acids is 1. The molecule has 208 valence electrons. The summed E-state index contributed by atoms with van der Waals surface area (Å²) in [5, 5.41) is 13.8. The van der Waals surface area contributed by atoms with Crippen molar-refractivity contribution < 1.29 is 28.2 Å². The Labute approximate surface area is 236 Å². The van der Waals surface area contributed by atoms with E-state index in [-0.39, 0.29) is 36.5 Å². The second kappa shape index (κ2) is 13.4. The van der Waals surface area contributed by atoms with Gasteiger partial charge in [-0.25, -0.2) is 0 Å². The molecule has 5 nitrogen and oxygen atoms in total. The van der Waals surface area contributed by atoms with Crippen molar-refractivity contribution in [3.05, 3.63) is 112 Å². The normalized spacial score (nSPS) is 12.7. The van der Waals surface area contributed by atoms with E-state index in [9.17, 15) is 18.4 Å². The first kappa shape index (κ1) is 29.0. The highest BCUT2D eigenvalue weighted by atomic mass is 35.5. The van der Waals surface area contributed by atoms with Crippen LogP contribution < -0.4 is 10.1 Å². The number of carbonyl (C=O) groups is 2. The molecule has 8 heteroatoms. The number of amides is 1. The number of hydrogen-bond acceptors (Lipinski definition) is 3. The molecule has 4 rings (SSSR count). The van der Waals surface area contributed by atoms with Crippen LogP contribution in [0.15, 0.2) is 84.9 Å². The molecule has 2 atom stereocenters. The Morgan fingerprint density at radius 2 is 1.50 bits per heavy atom. The minimum atomic E-state index is -2.89. The third kappa shape index (κ3) is 7.36. The Bertz CT molecular complexity index is 1460. The lowest BCUT2D eigenvalue weighted by Crippen LogP contribution is -2.26. The molecule has 40 heavy (non-hydrogen) atoms. The molecule has 0 aliphatic heterocycles. The Balaban J connectivity index is 1.70. The molecule has 1 unspecified atom stereocenters. The van der Waals surface area contributed by atoms with Gasteiger partial charge in [0.05, 0.1) is 6.42 Å². The number of hydrogen-bond donors (Lipinski definition) is 2. The van der Waals surface area contributed by atoms with Crippen molar-refractivity contribution in [1.29, 1.82) is 0 Å². The number of carboxylic acids is 1. The van der Waals surface area contributed by atoms with E-state index >= 15 is 0 Å². The number of aliphatic carboxylic acids is 1. The van der Waals surface area contributed by atoms with Crippen molar-refractivity contribution >= 4 is 34.2 Å². The third-order valence-electron chi connectivity index (χ3n) is 6.88. The minimum Gasteiger partial charge on any atom is -0.481 e. The number of fused-ring (bicyclic) bond motifs is 1. The molecule has 0 heterocycles. The van der Waals surface area contributed by atoms with E-state index in [2.05, 4.69) is 23.0 Å². The van der Waals surface area contributed by atoms with Crippen LogP contribution in [0.1, 0.15) is 65.1 Å². The summed E-state index contributed by atoms with van der Waals surface area (Å²) in [4.78, 5) is 23.2. The predicted octanol–water partition coefficient (Wildman–Crippen LogP) is 8.01. The minimum absolute atomic E-state index is 0.0474. The van der Waals surface area contributed by atoms with Gasteiger partial charge in [0.1, 0.15) is 5.75 Å². The topological polar surface area (TPSA) is 75.6 Å². The smallest absolute Gasteiger partial charge is 0.387 e. The van der Waals surface area contributed by atoms with Gasteiger partial charge in [-0.3, -0.25) is 9.59 Å². The van der Waals surface area contributed by atoms with Gasteiger partial charge < -0.3 is 15.2 Å². The van der Waals surface area contributed by atoms with Crippen LogP contribution in [0, 0.1) is 0 Å². The van der Waals surface area contributed by atoms with Crippen LogP contribution in [0.25, 0.3) is 10.8 Å². The molecule has 0 fully saturated rings.